The van der Waals surface area contributed by atoms with Gasteiger partial charge >= 0.3 is 0 Å². The molecule has 0 aromatic rings. The van der Waals surface area contributed by atoms with Crippen LogP contribution in [0.3, 0.4) is 0 Å². The quantitative estimate of drug-likeness (QED) is 0.604. The van der Waals surface area contributed by atoms with Crippen LogP contribution in [-0.4, -0.2) is 25.9 Å². The first-order valence-corrected chi connectivity index (χ1v) is 4.68. The molecule has 0 saturated carbocycles. The molecule has 0 bridgehead atoms. The first-order chi connectivity index (χ1) is 5.54. The van der Waals surface area contributed by atoms with Crippen molar-refractivity contribution in [3.63, 3.8) is 0 Å². The van der Waals surface area contributed by atoms with E-state index in [1.165, 1.54) is 0 Å². The number of hydrogen-bond donors (Lipinski definition) is 0. The molecule has 1 heterocycles. The van der Waals surface area contributed by atoms with E-state index in [9.17, 15) is 0 Å². The summed E-state index contributed by atoms with van der Waals surface area (Å²) in [6, 6.07) is 0. The highest BCUT2D eigenvalue weighted by molar-refractivity contribution is 4.79. The molecule has 1 aliphatic heterocycles. The van der Waals surface area contributed by atoms with Crippen LogP contribution in [0, 0.1) is 5.41 Å². The minimum absolute atomic E-state index is 0.276. The van der Waals surface area contributed by atoms with Crippen LogP contribution < -0.4 is 0 Å². The molecule has 1 saturated heterocycles. The molecule has 1 aliphatic rings. The Labute approximate surface area is 75.2 Å². The van der Waals surface area contributed by atoms with Crippen LogP contribution in [0.15, 0.2) is 0 Å². The lowest BCUT2D eigenvalue weighted by Crippen LogP contribution is -2.38. The van der Waals surface area contributed by atoms with Gasteiger partial charge in [0.1, 0.15) is 0 Å². The zero-order chi connectivity index (χ0) is 9.19. The zero-order valence-electron chi connectivity index (χ0n) is 8.59. The van der Waals surface area contributed by atoms with Gasteiger partial charge in [-0.05, 0) is 18.3 Å². The Kier molecular flexibility index (Phi) is 3.13. The van der Waals surface area contributed by atoms with Gasteiger partial charge < -0.3 is 9.47 Å². The normalized spacial score (nSPS) is 32.0. The third-order valence-corrected chi connectivity index (χ3v) is 2.53. The second kappa shape index (κ2) is 3.75. The Morgan fingerprint density at radius 3 is 2.25 bits per heavy atom. The minimum Gasteiger partial charge on any atom is -0.379 e. The SMILES string of the molecule is COC1CCC(C(C)(C)C)OC1. The number of ether oxygens (including phenoxy) is 2. The molecule has 2 unspecified atom stereocenters. The summed E-state index contributed by atoms with van der Waals surface area (Å²) >= 11 is 0. The van der Waals surface area contributed by atoms with Crippen molar-refractivity contribution >= 4 is 0 Å². The van der Waals surface area contributed by atoms with Crippen LogP contribution >= 0.6 is 0 Å². The van der Waals surface area contributed by atoms with Gasteiger partial charge in [0.15, 0.2) is 0 Å². The lowest BCUT2D eigenvalue weighted by molar-refractivity contribution is -0.107. The van der Waals surface area contributed by atoms with Gasteiger partial charge in [-0.2, -0.15) is 0 Å². The predicted molar refractivity (Wildman–Crippen MR) is 49.2 cm³/mol. The van der Waals surface area contributed by atoms with Crippen molar-refractivity contribution in [1.82, 2.24) is 0 Å². The van der Waals surface area contributed by atoms with Gasteiger partial charge in [-0.15, -0.1) is 0 Å². The molecule has 72 valence electrons. The highest BCUT2D eigenvalue weighted by atomic mass is 16.5. The molecule has 0 N–H and O–H groups in total. The van der Waals surface area contributed by atoms with Gasteiger partial charge in [0.05, 0.1) is 18.8 Å². The number of rotatable bonds is 1. The summed E-state index contributed by atoms with van der Waals surface area (Å²) < 4.78 is 10.9. The Hall–Kier alpha value is -0.0800. The van der Waals surface area contributed by atoms with Crippen LogP contribution in [0.25, 0.3) is 0 Å². The molecule has 2 nitrogen and oxygen atoms in total. The maximum atomic E-state index is 5.72. The first kappa shape index (κ1) is 10.0. The standard InChI is InChI=1S/C10H20O2/c1-10(2,3)9-6-5-8(11-4)7-12-9/h8-9H,5-7H2,1-4H3. The van der Waals surface area contributed by atoms with Crippen LogP contribution in [-0.2, 0) is 9.47 Å². The second-order valence-corrected chi connectivity index (χ2v) is 4.62. The van der Waals surface area contributed by atoms with Crippen molar-refractivity contribution in [2.75, 3.05) is 13.7 Å². The van der Waals surface area contributed by atoms with E-state index in [0.29, 0.717) is 12.2 Å². The smallest absolute Gasteiger partial charge is 0.0805 e. The third kappa shape index (κ3) is 2.46. The molecule has 1 fully saturated rings. The van der Waals surface area contributed by atoms with Crippen molar-refractivity contribution in [3.8, 4) is 0 Å². The van der Waals surface area contributed by atoms with Crippen LogP contribution in [0.4, 0.5) is 0 Å². The van der Waals surface area contributed by atoms with Gasteiger partial charge in [0.2, 0.25) is 0 Å². The van der Waals surface area contributed by atoms with Crippen molar-refractivity contribution < 1.29 is 9.47 Å². The number of methoxy groups -OCH3 is 1. The fourth-order valence-electron chi connectivity index (χ4n) is 1.60. The maximum Gasteiger partial charge on any atom is 0.0805 e. The van der Waals surface area contributed by atoms with E-state index in [-0.39, 0.29) is 5.41 Å². The van der Waals surface area contributed by atoms with Crippen molar-refractivity contribution in [2.24, 2.45) is 5.41 Å². The van der Waals surface area contributed by atoms with E-state index in [1.54, 1.807) is 7.11 Å². The predicted octanol–water partition coefficient (Wildman–Crippen LogP) is 2.23. The summed E-state index contributed by atoms with van der Waals surface area (Å²) in [6.45, 7) is 7.44. The van der Waals surface area contributed by atoms with Gasteiger partial charge in [-0.25, -0.2) is 0 Å². The fourth-order valence-corrected chi connectivity index (χ4v) is 1.60. The molecular formula is C10H20O2. The fraction of sp³-hybridized carbons (Fsp3) is 1.00. The molecule has 2 heteroatoms. The Bertz CT molecular complexity index is 129. The Balaban J connectivity index is 2.36. The van der Waals surface area contributed by atoms with Crippen molar-refractivity contribution in [2.45, 2.75) is 45.8 Å². The zero-order valence-corrected chi connectivity index (χ0v) is 8.59. The minimum atomic E-state index is 0.276. The van der Waals surface area contributed by atoms with Crippen molar-refractivity contribution in [3.05, 3.63) is 0 Å². The van der Waals surface area contributed by atoms with E-state index < -0.39 is 0 Å². The van der Waals surface area contributed by atoms with E-state index in [2.05, 4.69) is 20.8 Å². The van der Waals surface area contributed by atoms with Gasteiger partial charge in [-0.3, -0.25) is 0 Å². The first-order valence-electron chi connectivity index (χ1n) is 4.68. The monoisotopic (exact) mass is 172 g/mol. The molecule has 1 rings (SSSR count). The molecular weight excluding hydrogens is 152 g/mol. The second-order valence-electron chi connectivity index (χ2n) is 4.62. The highest BCUT2D eigenvalue weighted by Gasteiger charge is 2.30. The maximum absolute atomic E-state index is 5.72. The van der Waals surface area contributed by atoms with E-state index >= 15 is 0 Å². The molecule has 0 aliphatic carbocycles. The van der Waals surface area contributed by atoms with Crippen molar-refractivity contribution in [1.29, 1.82) is 0 Å². The largest absolute Gasteiger partial charge is 0.379 e. The van der Waals surface area contributed by atoms with Crippen LogP contribution in [0.2, 0.25) is 0 Å². The lowest BCUT2D eigenvalue weighted by atomic mass is 9.84. The molecule has 2 atom stereocenters. The van der Waals surface area contributed by atoms with E-state index in [0.717, 1.165) is 19.4 Å². The topological polar surface area (TPSA) is 18.5 Å². The third-order valence-electron chi connectivity index (χ3n) is 2.53. The Morgan fingerprint density at radius 2 is 1.92 bits per heavy atom. The van der Waals surface area contributed by atoms with Gasteiger partial charge in [0, 0.05) is 7.11 Å². The van der Waals surface area contributed by atoms with Crippen LogP contribution in [0.5, 0.6) is 0 Å². The summed E-state index contributed by atoms with van der Waals surface area (Å²) in [4.78, 5) is 0. The molecule has 0 aromatic carbocycles. The molecule has 12 heavy (non-hydrogen) atoms. The average Bonchev–Trinajstić information content (AvgIpc) is 2.03. The summed E-state index contributed by atoms with van der Waals surface area (Å²) in [7, 11) is 1.76. The molecule has 0 radical (unpaired) electrons. The van der Waals surface area contributed by atoms with E-state index in [4.69, 9.17) is 9.47 Å². The summed E-state index contributed by atoms with van der Waals surface area (Å²) in [5.41, 5.74) is 0.276. The Morgan fingerprint density at radius 1 is 1.25 bits per heavy atom. The average molecular weight is 172 g/mol. The summed E-state index contributed by atoms with van der Waals surface area (Å²) in [5.74, 6) is 0. The molecule has 0 amide bonds. The van der Waals surface area contributed by atoms with Gasteiger partial charge in [-0.1, -0.05) is 20.8 Å². The summed E-state index contributed by atoms with van der Waals surface area (Å²) in [5, 5.41) is 0. The lowest BCUT2D eigenvalue weighted by Gasteiger charge is -2.36. The van der Waals surface area contributed by atoms with Crippen LogP contribution in [0.1, 0.15) is 33.6 Å². The van der Waals surface area contributed by atoms with Gasteiger partial charge in [0.25, 0.3) is 0 Å². The summed E-state index contributed by atoms with van der Waals surface area (Å²) in [6.07, 6.45) is 2.99. The highest BCUT2D eigenvalue weighted by Crippen LogP contribution is 2.29. The number of hydrogen-bond acceptors (Lipinski definition) is 2. The van der Waals surface area contributed by atoms with E-state index in [1.807, 2.05) is 0 Å². The molecule has 0 aromatic heterocycles. The molecule has 0 spiro atoms.